The standard InChI is InChI=1S/C16H22ClN3O4S/c1-19(2)25(23,24)12-6-7-14(17)13(11-12)16(22)18-8-4-10-20-9-3-5-15(20)21/h6-7,11H,3-5,8-10H2,1-2H3,(H,18,22). The molecule has 1 saturated heterocycles. The number of carbonyl (C=O) groups excluding carboxylic acids is 2. The van der Waals surface area contributed by atoms with Gasteiger partial charge in [-0.05, 0) is 31.0 Å². The van der Waals surface area contributed by atoms with Crippen LogP contribution in [0, 0.1) is 0 Å². The fraction of sp³-hybridized carbons (Fsp3) is 0.500. The molecule has 0 spiro atoms. The van der Waals surface area contributed by atoms with Crippen LogP contribution < -0.4 is 5.32 Å². The zero-order valence-electron chi connectivity index (χ0n) is 14.3. The Morgan fingerprint density at radius 2 is 2.08 bits per heavy atom. The van der Waals surface area contributed by atoms with E-state index in [0.29, 0.717) is 25.9 Å². The molecular formula is C16H22ClN3O4S. The molecule has 138 valence electrons. The molecule has 0 aromatic heterocycles. The largest absolute Gasteiger partial charge is 0.352 e. The van der Waals surface area contributed by atoms with E-state index in [2.05, 4.69) is 5.32 Å². The molecule has 1 aromatic rings. The predicted molar refractivity (Wildman–Crippen MR) is 95.1 cm³/mol. The Labute approximate surface area is 153 Å². The highest BCUT2D eigenvalue weighted by atomic mass is 35.5. The molecule has 25 heavy (non-hydrogen) atoms. The molecular weight excluding hydrogens is 366 g/mol. The molecule has 0 unspecified atom stereocenters. The molecule has 2 rings (SSSR count). The number of amides is 2. The van der Waals surface area contributed by atoms with Crippen LogP contribution in [0.2, 0.25) is 5.02 Å². The second-order valence-corrected chi connectivity index (χ2v) is 8.58. The Hall–Kier alpha value is -1.64. The van der Waals surface area contributed by atoms with Gasteiger partial charge in [-0.25, -0.2) is 12.7 Å². The number of carbonyl (C=O) groups is 2. The summed E-state index contributed by atoms with van der Waals surface area (Å²) >= 11 is 6.03. The van der Waals surface area contributed by atoms with E-state index in [-0.39, 0.29) is 21.4 Å². The van der Waals surface area contributed by atoms with Gasteiger partial charge in [-0.2, -0.15) is 0 Å². The van der Waals surface area contributed by atoms with Crippen molar-refractivity contribution in [2.45, 2.75) is 24.2 Å². The van der Waals surface area contributed by atoms with Crippen molar-refractivity contribution in [1.82, 2.24) is 14.5 Å². The summed E-state index contributed by atoms with van der Waals surface area (Å²) in [5.74, 6) is -0.287. The molecule has 9 heteroatoms. The number of likely N-dealkylation sites (tertiary alicyclic amines) is 1. The van der Waals surface area contributed by atoms with Crippen molar-refractivity contribution >= 4 is 33.4 Å². The van der Waals surface area contributed by atoms with Crippen molar-refractivity contribution in [3.8, 4) is 0 Å². The average Bonchev–Trinajstić information content (AvgIpc) is 2.96. The number of hydrogen-bond donors (Lipinski definition) is 1. The quantitative estimate of drug-likeness (QED) is 0.715. The highest BCUT2D eigenvalue weighted by Crippen LogP contribution is 2.22. The van der Waals surface area contributed by atoms with Crippen LogP contribution in [-0.4, -0.2) is 63.2 Å². The van der Waals surface area contributed by atoms with Gasteiger partial charge in [0.25, 0.3) is 5.91 Å². The molecule has 1 N–H and O–H groups in total. The molecule has 1 aliphatic rings. The highest BCUT2D eigenvalue weighted by molar-refractivity contribution is 7.89. The first-order chi connectivity index (χ1) is 11.7. The molecule has 1 heterocycles. The third-order valence-electron chi connectivity index (χ3n) is 4.02. The van der Waals surface area contributed by atoms with Gasteiger partial charge >= 0.3 is 0 Å². The summed E-state index contributed by atoms with van der Waals surface area (Å²) in [6.45, 7) is 1.74. The van der Waals surface area contributed by atoms with Crippen LogP contribution in [0.3, 0.4) is 0 Å². The molecule has 2 amide bonds. The maximum absolute atomic E-state index is 12.3. The Morgan fingerprint density at radius 3 is 2.68 bits per heavy atom. The van der Waals surface area contributed by atoms with Crippen LogP contribution in [0.1, 0.15) is 29.6 Å². The van der Waals surface area contributed by atoms with Crippen LogP contribution >= 0.6 is 11.6 Å². The summed E-state index contributed by atoms with van der Waals surface area (Å²) in [7, 11) is -0.802. The minimum absolute atomic E-state index is 0.00899. The summed E-state index contributed by atoms with van der Waals surface area (Å²) in [6.07, 6.45) is 2.10. The number of nitrogens with zero attached hydrogens (tertiary/aromatic N) is 2. The minimum atomic E-state index is -3.64. The maximum atomic E-state index is 12.3. The van der Waals surface area contributed by atoms with Crippen molar-refractivity contribution in [2.75, 3.05) is 33.7 Å². The molecule has 0 saturated carbocycles. The van der Waals surface area contributed by atoms with Gasteiger partial charge in [0, 0.05) is 40.2 Å². The fourth-order valence-electron chi connectivity index (χ4n) is 2.56. The summed E-state index contributed by atoms with van der Waals surface area (Å²) in [4.78, 5) is 25.6. The summed E-state index contributed by atoms with van der Waals surface area (Å²) in [6, 6.07) is 4.04. The van der Waals surface area contributed by atoms with Gasteiger partial charge in [-0.3, -0.25) is 9.59 Å². The van der Waals surface area contributed by atoms with Gasteiger partial charge < -0.3 is 10.2 Å². The molecule has 0 aliphatic carbocycles. The van der Waals surface area contributed by atoms with E-state index < -0.39 is 15.9 Å². The fourth-order valence-corrected chi connectivity index (χ4v) is 3.69. The number of halogens is 1. The number of hydrogen-bond acceptors (Lipinski definition) is 4. The second kappa shape index (κ2) is 8.16. The van der Waals surface area contributed by atoms with Gasteiger partial charge in [-0.15, -0.1) is 0 Å². The molecule has 0 bridgehead atoms. The van der Waals surface area contributed by atoms with Crippen molar-refractivity contribution in [2.24, 2.45) is 0 Å². The Morgan fingerprint density at radius 1 is 1.36 bits per heavy atom. The lowest BCUT2D eigenvalue weighted by Crippen LogP contribution is -2.31. The van der Waals surface area contributed by atoms with E-state index in [0.717, 1.165) is 17.3 Å². The van der Waals surface area contributed by atoms with E-state index in [9.17, 15) is 18.0 Å². The molecule has 0 atom stereocenters. The van der Waals surface area contributed by atoms with Crippen molar-refractivity contribution in [1.29, 1.82) is 0 Å². The van der Waals surface area contributed by atoms with Crippen molar-refractivity contribution in [3.05, 3.63) is 28.8 Å². The summed E-state index contributed by atoms with van der Waals surface area (Å²) < 4.78 is 25.4. The van der Waals surface area contributed by atoms with Gasteiger partial charge in [0.15, 0.2) is 0 Å². The SMILES string of the molecule is CN(C)S(=O)(=O)c1ccc(Cl)c(C(=O)NCCCN2CCCC2=O)c1. The van der Waals surface area contributed by atoms with Gasteiger partial charge in [0.2, 0.25) is 15.9 Å². The number of nitrogens with one attached hydrogen (secondary N) is 1. The smallest absolute Gasteiger partial charge is 0.252 e. The first-order valence-electron chi connectivity index (χ1n) is 8.01. The van der Waals surface area contributed by atoms with Crippen LogP contribution in [0.5, 0.6) is 0 Å². The van der Waals surface area contributed by atoms with Crippen molar-refractivity contribution in [3.63, 3.8) is 0 Å². The number of benzene rings is 1. The topological polar surface area (TPSA) is 86.8 Å². The van der Waals surface area contributed by atoms with Gasteiger partial charge in [-0.1, -0.05) is 11.6 Å². The third-order valence-corrected chi connectivity index (χ3v) is 6.16. The molecule has 1 aliphatic heterocycles. The second-order valence-electron chi connectivity index (χ2n) is 6.02. The van der Waals surface area contributed by atoms with Gasteiger partial charge in [0.1, 0.15) is 0 Å². The molecule has 7 nitrogen and oxygen atoms in total. The van der Waals surface area contributed by atoms with Crippen LogP contribution in [0.4, 0.5) is 0 Å². The Balaban J connectivity index is 1.98. The number of sulfonamides is 1. The molecule has 0 radical (unpaired) electrons. The molecule has 1 fully saturated rings. The van der Waals surface area contributed by atoms with Crippen LogP contribution in [0.25, 0.3) is 0 Å². The Kier molecular flexibility index (Phi) is 6.42. The zero-order chi connectivity index (χ0) is 18.6. The third kappa shape index (κ3) is 4.71. The minimum Gasteiger partial charge on any atom is -0.352 e. The summed E-state index contributed by atoms with van der Waals surface area (Å²) in [5, 5.41) is 2.90. The van der Waals surface area contributed by atoms with E-state index in [1.165, 1.54) is 32.3 Å². The maximum Gasteiger partial charge on any atom is 0.252 e. The normalized spacial score (nSPS) is 15.0. The van der Waals surface area contributed by atoms with E-state index >= 15 is 0 Å². The number of rotatable bonds is 7. The van der Waals surface area contributed by atoms with Gasteiger partial charge in [0.05, 0.1) is 15.5 Å². The molecule has 1 aromatic carbocycles. The van der Waals surface area contributed by atoms with E-state index in [1.807, 2.05) is 0 Å². The van der Waals surface area contributed by atoms with Crippen LogP contribution in [-0.2, 0) is 14.8 Å². The van der Waals surface area contributed by atoms with Crippen LogP contribution in [0.15, 0.2) is 23.1 Å². The Bertz CT molecular complexity index is 765. The lowest BCUT2D eigenvalue weighted by molar-refractivity contribution is -0.127. The lowest BCUT2D eigenvalue weighted by atomic mass is 10.2. The zero-order valence-corrected chi connectivity index (χ0v) is 15.9. The predicted octanol–water partition coefficient (Wildman–Crippen LogP) is 1.33. The first-order valence-corrected chi connectivity index (χ1v) is 9.83. The monoisotopic (exact) mass is 387 g/mol. The average molecular weight is 388 g/mol. The first kappa shape index (κ1) is 19.7. The van der Waals surface area contributed by atoms with E-state index in [1.54, 1.807) is 4.90 Å². The lowest BCUT2D eigenvalue weighted by Gasteiger charge is -2.16. The summed E-state index contributed by atoms with van der Waals surface area (Å²) in [5.41, 5.74) is 0.113. The highest BCUT2D eigenvalue weighted by Gasteiger charge is 2.21. The van der Waals surface area contributed by atoms with Crippen molar-refractivity contribution < 1.29 is 18.0 Å². The van der Waals surface area contributed by atoms with E-state index in [4.69, 9.17) is 11.6 Å².